The Labute approximate surface area is 122 Å². The van der Waals surface area contributed by atoms with Crippen LogP contribution in [-0.2, 0) is 11.2 Å². The number of amides is 1. The number of carboxylic acid groups (broad SMARTS) is 1. The number of thioether (sulfide) groups is 1. The molecule has 6 heteroatoms. The molecule has 0 atom stereocenters. The highest BCUT2D eigenvalue weighted by molar-refractivity contribution is 8.00. The average Bonchev–Trinajstić information content (AvgIpc) is 2.45. The van der Waals surface area contributed by atoms with Crippen molar-refractivity contribution in [3.05, 3.63) is 35.4 Å². The fraction of sp³-hybridized carbons (Fsp3) is 0.357. The summed E-state index contributed by atoms with van der Waals surface area (Å²) in [6, 6.07) is 8.75. The van der Waals surface area contributed by atoms with Gasteiger partial charge < -0.3 is 10.0 Å². The molecule has 20 heavy (non-hydrogen) atoms. The van der Waals surface area contributed by atoms with Crippen LogP contribution in [0.25, 0.3) is 0 Å². The highest BCUT2D eigenvalue weighted by Crippen LogP contribution is 2.10. The summed E-state index contributed by atoms with van der Waals surface area (Å²) in [6.07, 6.45) is 0.494. The molecule has 0 aliphatic heterocycles. The average molecular weight is 292 g/mol. The maximum absolute atomic E-state index is 11.7. The van der Waals surface area contributed by atoms with Gasteiger partial charge in [0.05, 0.1) is 23.1 Å². The molecular weight excluding hydrogens is 276 g/mol. The van der Waals surface area contributed by atoms with E-state index in [4.69, 9.17) is 10.4 Å². The maximum atomic E-state index is 11.7. The van der Waals surface area contributed by atoms with Gasteiger partial charge in [-0.3, -0.25) is 4.79 Å². The van der Waals surface area contributed by atoms with Crippen molar-refractivity contribution in [2.24, 2.45) is 0 Å². The summed E-state index contributed by atoms with van der Waals surface area (Å²) in [6.45, 7) is 0.455. The van der Waals surface area contributed by atoms with Crippen LogP contribution in [0.4, 0.5) is 0 Å². The predicted molar refractivity (Wildman–Crippen MR) is 77.7 cm³/mol. The number of hydrogen-bond donors (Lipinski definition) is 1. The van der Waals surface area contributed by atoms with Crippen molar-refractivity contribution in [2.75, 3.05) is 25.1 Å². The van der Waals surface area contributed by atoms with Gasteiger partial charge in [-0.2, -0.15) is 5.26 Å². The van der Waals surface area contributed by atoms with Crippen LogP contribution < -0.4 is 0 Å². The Morgan fingerprint density at radius 3 is 2.75 bits per heavy atom. The number of likely N-dealkylation sites (N-methyl/N-ethyl adjacent to an activating group) is 1. The topological polar surface area (TPSA) is 81.4 Å². The molecule has 1 amide bonds. The molecule has 0 saturated carbocycles. The minimum Gasteiger partial charge on any atom is -0.478 e. The fourth-order valence-corrected chi connectivity index (χ4v) is 2.24. The fourth-order valence-electron chi connectivity index (χ4n) is 1.65. The van der Waals surface area contributed by atoms with E-state index in [-0.39, 0.29) is 17.2 Å². The molecule has 0 aromatic heterocycles. The standard InChI is InChI=1S/C14H16N2O3S/c1-16(13(17)10-20-9-7-15)8-6-11-4-2-3-5-12(11)14(18)19/h2-5H,6,8-10H2,1H3,(H,18,19). The summed E-state index contributed by atoms with van der Waals surface area (Å²) in [5.74, 6) is -0.455. The predicted octanol–water partition coefficient (Wildman–Crippen LogP) is 1.64. The molecule has 0 aliphatic carbocycles. The zero-order valence-corrected chi connectivity index (χ0v) is 12.0. The van der Waals surface area contributed by atoms with Crippen molar-refractivity contribution in [2.45, 2.75) is 6.42 Å². The highest BCUT2D eigenvalue weighted by atomic mass is 32.2. The normalized spacial score (nSPS) is 9.80. The van der Waals surface area contributed by atoms with E-state index in [1.807, 2.05) is 6.07 Å². The number of rotatable bonds is 7. The molecule has 0 saturated heterocycles. The Kier molecular flexibility index (Phi) is 6.60. The second-order valence-corrected chi connectivity index (χ2v) is 5.16. The van der Waals surface area contributed by atoms with E-state index in [0.29, 0.717) is 24.3 Å². The minimum atomic E-state index is -0.959. The Balaban J connectivity index is 2.53. The molecule has 0 heterocycles. The number of carbonyl (C=O) groups is 2. The molecule has 0 unspecified atom stereocenters. The first-order chi connectivity index (χ1) is 9.56. The van der Waals surface area contributed by atoms with Gasteiger partial charge >= 0.3 is 5.97 Å². The Hall–Kier alpha value is -2.00. The monoisotopic (exact) mass is 292 g/mol. The largest absolute Gasteiger partial charge is 0.478 e. The summed E-state index contributed by atoms with van der Waals surface area (Å²) in [4.78, 5) is 24.4. The lowest BCUT2D eigenvalue weighted by molar-refractivity contribution is -0.127. The summed E-state index contributed by atoms with van der Waals surface area (Å²) in [5, 5.41) is 17.5. The summed E-state index contributed by atoms with van der Waals surface area (Å²) < 4.78 is 0. The number of aromatic carboxylic acids is 1. The van der Waals surface area contributed by atoms with Crippen LogP contribution in [0.15, 0.2) is 24.3 Å². The van der Waals surface area contributed by atoms with Crippen LogP contribution in [0.1, 0.15) is 15.9 Å². The number of carbonyl (C=O) groups excluding carboxylic acids is 1. The van der Waals surface area contributed by atoms with Gasteiger partial charge in [-0.25, -0.2) is 4.79 Å². The van der Waals surface area contributed by atoms with Gasteiger partial charge in [-0.15, -0.1) is 11.8 Å². The van der Waals surface area contributed by atoms with Crippen molar-refractivity contribution < 1.29 is 14.7 Å². The molecule has 0 radical (unpaired) electrons. The van der Waals surface area contributed by atoms with Gasteiger partial charge in [0.1, 0.15) is 0 Å². The van der Waals surface area contributed by atoms with E-state index in [9.17, 15) is 9.59 Å². The third kappa shape index (κ3) is 4.94. The molecule has 0 bridgehead atoms. The molecule has 5 nitrogen and oxygen atoms in total. The van der Waals surface area contributed by atoms with Crippen molar-refractivity contribution in [3.63, 3.8) is 0 Å². The smallest absolute Gasteiger partial charge is 0.335 e. The Morgan fingerprint density at radius 1 is 1.40 bits per heavy atom. The molecule has 0 fully saturated rings. The third-order valence-electron chi connectivity index (χ3n) is 2.78. The lowest BCUT2D eigenvalue weighted by Gasteiger charge is -2.17. The van der Waals surface area contributed by atoms with E-state index in [1.54, 1.807) is 36.2 Å². The minimum absolute atomic E-state index is 0.0574. The number of hydrogen-bond acceptors (Lipinski definition) is 4. The van der Waals surface area contributed by atoms with Crippen LogP contribution in [0.5, 0.6) is 0 Å². The highest BCUT2D eigenvalue weighted by Gasteiger charge is 2.12. The van der Waals surface area contributed by atoms with Gasteiger partial charge in [-0.05, 0) is 18.1 Å². The van der Waals surface area contributed by atoms with E-state index >= 15 is 0 Å². The lowest BCUT2D eigenvalue weighted by atomic mass is 10.0. The molecular formula is C14H16N2O3S. The van der Waals surface area contributed by atoms with Crippen molar-refractivity contribution in [1.82, 2.24) is 4.90 Å². The Morgan fingerprint density at radius 2 is 2.10 bits per heavy atom. The molecule has 1 aromatic rings. The quantitative estimate of drug-likeness (QED) is 0.773. The molecule has 0 aliphatic rings. The summed E-state index contributed by atoms with van der Waals surface area (Å²) in [5.41, 5.74) is 0.983. The zero-order valence-electron chi connectivity index (χ0n) is 11.2. The van der Waals surface area contributed by atoms with Crippen molar-refractivity contribution in [3.8, 4) is 6.07 Å². The van der Waals surface area contributed by atoms with E-state index in [0.717, 1.165) is 0 Å². The number of benzene rings is 1. The SMILES string of the molecule is CN(CCc1ccccc1C(=O)O)C(=O)CSCC#N. The maximum Gasteiger partial charge on any atom is 0.335 e. The second kappa shape index (κ2) is 8.23. The molecule has 106 valence electrons. The van der Waals surface area contributed by atoms with Crippen LogP contribution in [0.2, 0.25) is 0 Å². The van der Waals surface area contributed by atoms with E-state index in [2.05, 4.69) is 0 Å². The third-order valence-corrected chi connectivity index (χ3v) is 3.57. The van der Waals surface area contributed by atoms with Gasteiger partial charge in [0.2, 0.25) is 5.91 Å². The van der Waals surface area contributed by atoms with Crippen LogP contribution in [-0.4, -0.2) is 47.0 Å². The first kappa shape index (κ1) is 16.1. The number of nitrogens with zero attached hydrogens (tertiary/aromatic N) is 2. The van der Waals surface area contributed by atoms with E-state index < -0.39 is 5.97 Å². The van der Waals surface area contributed by atoms with Crippen molar-refractivity contribution in [1.29, 1.82) is 5.26 Å². The molecule has 0 spiro atoms. The summed E-state index contributed by atoms with van der Waals surface area (Å²) >= 11 is 1.27. The van der Waals surface area contributed by atoms with Crippen LogP contribution >= 0.6 is 11.8 Å². The number of nitriles is 1. The zero-order chi connectivity index (χ0) is 15.0. The summed E-state index contributed by atoms with van der Waals surface area (Å²) in [7, 11) is 1.68. The molecule has 1 N–H and O–H groups in total. The number of carboxylic acids is 1. The first-order valence-corrected chi connectivity index (χ1v) is 7.21. The van der Waals surface area contributed by atoms with Gasteiger partial charge in [0.25, 0.3) is 0 Å². The van der Waals surface area contributed by atoms with Crippen LogP contribution in [0, 0.1) is 11.3 Å². The molecule has 1 aromatic carbocycles. The lowest BCUT2D eigenvalue weighted by Crippen LogP contribution is -2.30. The van der Waals surface area contributed by atoms with Crippen LogP contribution in [0.3, 0.4) is 0 Å². The Bertz CT molecular complexity index is 525. The van der Waals surface area contributed by atoms with Gasteiger partial charge in [-0.1, -0.05) is 18.2 Å². The second-order valence-electron chi connectivity index (χ2n) is 4.18. The van der Waals surface area contributed by atoms with E-state index in [1.165, 1.54) is 11.8 Å². The van der Waals surface area contributed by atoms with Crippen molar-refractivity contribution >= 4 is 23.6 Å². The van der Waals surface area contributed by atoms with Gasteiger partial charge in [0, 0.05) is 13.6 Å². The molecule has 1 rings (SSSR count). The first-order valence-electron chi connectivity index (χ1n) is 6.06. The van der Waals surface area contributed by atoms with Gasteiger partial charge in [0.15, 0.2) is 0 Å².